The molecule has 186 valence electrons. The summed E-state index contributed by atoms with van der Waals surface area (Å²) in [4.78, 5) is 24.3. The molecule has 11 nitrogen and oxygen atoms in total. The summed E-state index contributed by atoms with van der Waals surface area (Å²) < 4.78 is 30.0. The van der Waals surface area contributed by atoms with E-state index in [1.165, 1.54) is 25.1 Å². The maximum atomic E-state index is 12.2. The molecule has 0 fully saturated rings. The average molecular weight is 491 g/mol. The summed E-state index contributed by atoms with van der Waals surface area (Å²) in [7, 11) is 4.85. The molecule has 1 amide bonds. The molecule has 0 bridgehead atoms. The van der Waals surface area contributed by atoms with Crippen LogP contribution in [0.2, 0.25) is 0 Å². The molecule has 0 atom stereocenters. The number of hydrogen-bond donors (Lipinski definition) is 2. The summed E-state index contributed by atoms with van der Waals surface area (Å²) in [5.41, 5.74) is 3.11. The first-order valence-corrected chi connectivity index (χ1v) is 11.1. The van der Waals surface area contributed by atoms with Crippen LogP contribution in [0.15, 0.2) is 61.3 Å². The van der Waals surface area contributed by atoms with Crippen LogP contribution in [-0.4, -0.2) is 77.0 Å². The molecule has 11 heteroatoms. The lowest BCUT2D eigenvalue weighted by Crippen LogP contribution is -2.29. The molecular weight excluding hydrogens is 458 g/mol. The van der Waals surface area contributed by atoms with Crippen LogP contribution >= 0.6 is 0 Å². The Morgan fingerprint density at radius 1 is 1.22 bits per heavy atom. The summed E-state index contributed by atoms with van der Waals surface area (Å²) in [5, 5.41) is 14.3. The van der Waals surface area contributed by atoms with Crippen molar-refractivity contribution in [2.75, 3.05) is 56.8 Å². The van der Waals surface area contributed by atoms with E-state index < -0.39 is 12.9 Å². The fourth-order valence-corrected chi connectivity index (χ4v) is 3.54. The van der Waals surface area contributed by atoms with Crippen LogP contribution in [0.3, 0.4) is 0 Å². The quantitative estimate of drug-likeness (QED) is 0.324. The Morgan fingerprint density at radius 2 is 2.06 bits per heavy atom. The largest absolute Gasteiger partial charge is 0.494 e. The van der Waals surface area contributed by atoms with Gasteiger partial charge in [-0.1, -0.05) is 23.9 Å². The summed E-state index contributed by atoms with van der Waals surface area (Å²) >= 11 is 0. The molecule has 0 saturated heterocycles. The average Bonchev–Trinajstić information content (AvgIpc) is 3.35. The standard InChI is InChI=1S/C25H29N9O2/c1-6-24(35)27-18-15-19(22(36-5)16-21(18)33(4)14-13-32(2)3)28-25-26-12-11-23(29-25)34-20-10-8-7-9-17(20)30-31-34/h6-12,15-16H,1,13-14H2,2-5H3,(H,27,35)(H,26,28,29)/i2D3. The van der Waals surface area contributed by atoms with E-state index in [0.29, 0.717) is 35.2 Å². The van der Waals surface area contributed by atoms with E-state index in [-0.39, 0.29) is 12.5 Å². The lowest BCUT2D eigenvalue weighted by atomic mass is 10.2. The predicted octanol–water partition coefficient (Wildman–Crippen LogP) is 3.09. The third kappa shape index (κ3) is 5.41. The van der Waals surface area contributed by atoms with Crippen molar-refractivity contribution >= 4 is 40.0 Å². The van der Waals surface area contributed by atoms with Gasteiger partial charge in [0.15, 0.2) is 5.82 Å². The highest BCUT2D eigenvalue weighted by atomic mass is 16.5. The first kappa shape index (κ1) is 20.8. The molecule has 4 aromatic rings. The molecule has 4 rings (SSSR count). The number of para-hydroxylation sites is 1. The van der Waals surface area contributed by atoms with Crippen molar-refractivity contribution in [2.24, 2.45) is 0 Å². The molecule has 0 radical (unpaired) electrons. The van der Waals surface area contributed by atoms with Crippen molar-refractivity contribution in [3.05, 3.63) is 61.3 Å². The highest BCUT2D eigenvalue weighted by Gasteiger charge is 2.17. The topological polar surface area (TPSA) is 113 Å². The van der Waals surface area contributed by atoms with Crippen molar-refractivity contribution < 1.29 is 13.6 Å². The first-order chi connectivity index (χ1) is 18.6. The number of amides is 1. The number of aromatic nitrogens is 5. The van der Waals surface area contributed by atoms with Gasteiger partial charge in [-0.3, -0.25) is 4.79 Å². The van der Waals surface area contributed by atoms with Gasteiger partial charge >= 0.3 is 0 Å². The fraction of sp³-hybridized carbons (Fsp3) is 0.240. The molecule has 0 unspecified atom stereocenters. The maximum Gasteiger partial charge on any atom is 0.247 e. The van der Waals surface area contributed by atoms with E-state index in [2.05, 4.69) is 37.5 Å². The fourth-order valence-electron chi connectivity index (χ4n) is 3.54. The molecular formula is C25H29N9O2. The summed E-state index contributed by atoms with van der Waals surface area (Å²) in [5.74, 6) is 0.830. The molecule has 2 N–H and O–H groups in total. The Kier molecular flexibility index (Phi) is 6.26. The van der Waals surface area contributed by atoms with Crippen LogP contribution in [0.25, 0.3) is 16.9 Å². The zero-order chi connectivity index (χ0) is 28.2. The Bertz CT molecular complexity index is 1490. The monoisotopic (exact) mass is 490 g/mol. The van der Waals surface area contributed by atoms with Crippen LogP contribution in [0.5, 0.6) is 5.75 Å². The lowest BCUT2D eigenvalue weighted by molar-refractivity contribution is -0.111. The minimum Gasteiger partial charge on any atom is -0.494 e. The van der Waals surface area contributed by atoms with Gasteiger partial charge in [0, 0.05) is 42.6 Å². The van der Waals surface area contributed by atoms with E-state index in [4.69, 9.17) is 8.85 Å². The van der Waals surface area contributed by atoms with Gasteiger partial charge in [0.1, 0.15) is 11.3 Å². The van der Waals surface area contributed by atoms with E-state index in [0.717, 1.165) is 11.0 Å². The molecule has 0 aliphatic heterocycles. The number of ether oxygens (including phenoxy) is 1. The number of hydrogen-bond acceptors (Lipinski definition) is 9. The first-order valence-electron chi connectivity index (χ1n) is 12.6. The number of fused-ring (bicyclic) bond motifs is 1. The number of carbonyl (C=O) groups is 1. The van der Waals surface area contributed by atoms with Gasteiger partial charge in [-0.15, -0.1) is 5.10 Å². The Morgan fingerprint density at radius 3 is 2.83 bits per heavy atom. The number of anilines is 4. The van der Waals surface area contributed by atoms with Gasteiger partial charge in [0.25, 0.3) is 0 Å². The van der Waals surface area contributed by atoms with Gasteiger partial charge in [-0.25, -0.2) is 4.98 Å². The minimum absolute atomic E-state index is 0.266. The number of rotatable bonds is 10. The smallest absolute Gasteiger partial charge is 0.247 e. The van der Waals surface area contributed by atoms with Gasteiger partial charge < -0.3 is 25.2 Å². The maximum absolute atomic E-state index is 12.2. The molecule has 36 heavy (non-hydrogen) atoms. The summed E-state index contributed by atoms with van der Waals surface area (Å²) in [6.07, 6.45) is 2.76. The van der Waals surface area contributed by atoms with Crippen LogP contribution in [-0.2, 0) is 4.79 Å². The highest BCUT2D eigenvalue weighted by molar-refractivity contribution is 6.02. The molecule has 2 heterocycles. The number of carbonyl (C=O) groups excluding carboxylic acids is 1. The minimum atomic E-state index is -2.21. The molecule has 0 aliphatic carbocycles. The lowest BCUT2D eigenvalue weighted by Gasteiger charge is -2.26. The van der Waals surface area contributed by atoms with Crippen LogP contribution < -0.4 is 20.3 Å². The van der Waals surface area contributed by atoms with Gasteiger partial charge in [0.2, 0.25) is 11.9 Å². The molecule has 2 aromatic carbocycles. The zero-order valence-electron chi connectivity index (χ0n) is 23.3. The number of benzene rings is 2. The van der Waals surface area contributed by atoms with Crippen molar-refractivity contribution in [3.8, 4) is 11.6 Å². The van der Waals surface area contributed by atoms with Crippen molar-refractivity contribution in [1.82, 2.24) is 29.9 Å². The van der Waals surface area contributed by atoms with Crippen molar-refractivity contribution in [1.29, 1.82) is 0 Å². The summed E-state index contributed by atoms with van der Waals surface area (Å²) in [6.45, 7) is 1.96. The normalized spacial score (nSPS) is 12.5. The molecule has 0 spiro atoms. The number of likely N-dealkylation sites (N-methyl/N-ethyl adjacent to an activating group) is 2. The molecule has 0 saturated carbocycles. The molecule has 2 aromatic heterocycles. The van der Waals surface area contributed by atoms with Crippen molar-refractivity contribution in [3.63, 3.8) is 0 Å². The van der Waals surface area contributed by atoms with Crippen molar-refractivity contribution in [2.45, 2.75) is 0 Å². The Balaban J connectivity index is 1.66. The van der Waals surface area contributed by atoms with E-state index in [1.54, 1.807) is 36.1 Å². The summed E-state index contributed by atoms with van der Waals surface area (Å²) in [6, 6.07) is 12.7. The predicted molar refractivity (Wildman–Crippen MR) is 141 cm³/mol. The highest BCUT2D eigenvalue weighted by Crippen LogP contribution is 2.38. The van der Waals surface area contributed by atoms with Gasteiger partial charge in [-0.2, -0.15) is 9.67 Å². The van der Waals surface area contributed by atoms with E-state index in [9.17, 15) is 4.79 Å². The van der Waals surface area contributed by atoms with Crippen LogP contribution in [0.4, 0.5) is 23.0 Å². The third-order valence-electron chi connectivity index (χ3n) is 5.40. The van der Waals surface area contributed by atoms with Crippen LogP contribution in [0, 0.1) is 0 Å². The van der Waals surface area contributed by atoms with Gasteiger partial charge in [-0.05, 0) is 38.3 Å². The van der Waals surface area contributed by atoms with E-state index in [1.807, 2.05) is 29.2 Å². The zero-order valence-corrected chi connectivity index (χ0v) is 20.3. The van der Waals surface area contributed by atoms with Gasteiger partial charge in [0.05, 0.1) is 29.7 Å². The third-order valence-corrected chi connectivity index (χ3v) is 5.40. The van der Waals surface area contributed by atoms with E-state index >= 15 is 0 Å². The number of methoxy groups -OCH3 is 1. The van der Waals surface area contributed by atoms with Crippen LogP contribution in [0.1, 0.15) is 4.11 Å². The molecule has 0 aliphatic rings. The Hall–Kier alpha value is -4.51. The number of nitrogens with one attached hydrogen (secondary N) is 2. The second-order valence-corrected chi connectivity index (χ2v) is 7.96. The second-order valence-electron chi connectivity index (χ2n) is 7.96. The number of nitrogens with zero attached hydrogens (tertiary/aromatic N) is 7. The second kappa shape index (κ2) is 10.8. The Labute approximate surface area is 213 Å². The SMILES string of the molecule is [2H]C([2H])([2H])N(C)CCN(C)c1cc(OC)c(Nc2nccc(-n3nnc4ccccc43)n2)cc1NC(=O)C=C.